The molecule has 4 fully saturated rings. The molecule has 0 saturated heterocycles. The molecule has 1 heterocycles. The molecule has 4 nitrogen and oxygen atoms in total. The van der Waals surface area contributed by atoms with E-state index in [-0.39, 0.29) is 5.91 Å². The van der Waals surface area contributed by atoms with Crippen LogP contribution in [0.4, 0.5) is 0 Å². The highest BCUT2D eigenvalue weighted by molar-refractivity contribution is 5.76. The minimum absolute atomic E-state index is 0.219. The van der Waals surface area contributed by atoms with Crippen molar-refractivity contribution in [2.24, 2.45) is 23.2 Å². The van der Waals surface area contributed by atoms with Crippen LogP contribution >= 0.6 is 0 Å². The van der Waals surface area contributed by atoms with E-state index >= 15 is 0 Å². The highest BCUT2D eigenvalue weighted by atomic mass is 16.6. The van der Waals surface area contributed by atoms with Gasteiger partial charge in [0.15, 0.2) is 11.5 Å². The smallest absolute Gasteiger partial charge is 0.220 e. The molecule has 134 valence electrons. The first-order valence-electron chi connectivity index (χ1n) is 9.83. The van der Waals surface area contributed by atoms with Crippen molar-refractivity contribution in [2.75, 3.05) is 13.2 Å². The molecule has 0 aromatic heterocycles. The maximum Gasteiger partial charge on any atom is 0.220 e. The van der Waals surface area contributed by atoms with Gasteiger partial charge in [-0.1, -0.05) is 6.07 Å². The van der Waals surface area contributed by atoms with Gasteiger partial charge in [0.05, 0.1) is 0 Å². The van der Waals surface area contributed by atoms with E-state index in [2.05, 4.69) is 5.32 Å². The second-order valence-corrected chi connectivity index (χ2v) is 8.85. The Morgan fingerprint density at radius 2 is 1.64 bits per heavy atom. The van der Waals surface area contributed by atoms with Gasteiger partial charge in [0.1, 0.15) is 13.2 Å². The molecule has 0 radical (unpaired) electrons. The van der Waals surface area contributed by atoms with Crippen molar-refractivity contribution in [3.05, 3.63) is 23.8 Å². The Balaban J connectivity index is 1.20. The van der Waals surface area contributed by atoms with Gasteiger partial charge in [-0.25, -0.2) is 0 Å². The third-order valence-corrected chi connectivity index (χ3v) is 6.80. The number of nitrogens with one attached hydrogen (secondary N) is 1. The zero-order valence-electron chi connectivity index (χ0n) is 14.8. The summed E-state index contributed by atoms with van der Waals surface area (Å²) in [6.45, 7) is 1.77. The second-order valence-electron chi connectivity index (χ2n) is 8.85. The van der Waals surface area contributed by atoms with Crippen LogP contribution in [0.1, 0.15) is 50.5 Å². The zero-order chi connectivity index (χ0) is 16.9. The third kappa shape index (κ3) is 3.00. The quantitative estimate of drug-likeness (QED) is 0.909. The number of carbonyl (C=O) groups is 1. The molecule has 4 bridgehead atoms. The first kappa shape index (κ1) is 15.5. The lowest BCUT2D eigenvalue weighted by molar-refractivity contribution is -0.129. The van der Waals surface area contributed by atoms with E-state index in [1.165, 1.54) is 38.5 Å². The topological polar surface area (TPSA) is 47.6 Å². The van der Waals surface area contributed by atoms with E-state index < -0.39 is 0 Å². The van der Waals surface area contributed by atoms with E-state index in [0.29, 0.717) is 25.2 Å². The van der Waals surface area contributed by atoms with Gasteiger partial charge in [-0.3, -0.25) is 4.79 Å². The van der Waals surface area contributed by atoms with E-state index in [0.717, 1.165) is 41.2 Å². The van der Waals surface area contributed by atoms with Crippen molar-refractivity contribution in [2.45, 2.75) is 51.5 Å². The van der Waals surface area contributed by atoms with E-state index in [9.17, 15) is 4.79 Å². The monoisotopic (exact) mass is 341 g/mol. The predicted octanol–water partition coefficient (Wildman–Crippen LogP) is 3.68. The van der Waals surface area contributed by atoms with Crippen LogP contribution in [0.25, 0.3) is 0 Å². The summed E-state index contributed by atoms with van der Waals surface area (Å²) in [5.74, 6) is 4.51. The summed E-state index contributed by atoms with van der Waals surface area (Å²) >= 11 is 0. The number of amides is 1. The van der Waals surface area contributed by atoms with Gasteiger partial charge in [0.25, 0.3) is 0 Å². The molecular formula is C21H27NO3. The van der Waals surface area contributed by atoms with E-state index in [1.54, 1.807) is 0 Å². The summed E-state index contributed by atoms with van der Waals surface area (Å²) < 4.78 is 11.2. The molecule has 4 saturated carbocycles. The molecule has 25 heavy (non-hydrogen) atoms. The van der Waals surface area contributed by atoms with Crippen molar-refractivity contribution in [1.82, 2.24) is 5.32 Å². The average molecular weight is 341 g/mol. The summed E-state index contributed by atoms with van der Waals surface area (Å²) in [5, 5.41) is 3.15. The fourth-order valence-electron chi connectivity index (χ4n) is 6.31. The minimum Gasteiger partial charge on any atom is -0.486 e. The summed E-state index contributed by atoms with van der Waals surface area (Å²) in [6.07, 6.45) is 8.87. The number of benzene rings is 1. The molecule has 6 rings (SSSR count). The Labute approximate surface area is 149 Å². The fourth-order valence-corrected chi connectivity index (χ4v) is 6.31. The Morgan fingerprint density at radius 3 is 2.32 bits per heavy atom. The molecule has 1 aromatic carbocycles. The van der Waals surface area contributed by atoms with Crippen molar-refractivity contribution in [3.63, 3.8) is 0 Å². The maximum absolute atomic E-state index is 12.6. The molecular weight excluding hydrogens is 314 g/mol. The lowest BCUT2D eigenvalue weighted by Crippen LogP contribution is -2.47. The second kappa shape index (κ2) is 5.93. The Hall–Kier alpha value is -1.71. The van der Waals surface area contributed by atoms with Crippen LogP contribution < -0.4 is 14.8 Å². The summed E-state index contributed by atoms with van der Waals surface area (Å²) in [6, 6.07) is 5.94. The van der Waals surface area contributed by atoms with Crippen LogP contribution in [0.3, 0.4) is 0 Å². The van der Waals surface area contributed by atoms with Gasteiger partial charge < -0.3 is 14.8 Å². The SMILES string of the molecule is O=C(CC12CC3CC(CC(C3)C1)C2)NCc1ccc2c(c1)OCCO2. The van der Waals surface area contributed by atoms with E-state index in [4.69, 9.17) is 9.47 Å². The van der Waals surface area contributed by atoms with Gasteiger partial charge in [0, 0.05) is 13.0 Å². The summed E-state index contributed by atoms with van der Waals surface area (Å²) in [5.41, 5.74) is 1.38. The summed E-state index contributed by atoms with van der Waals surface area (Å²) in [4.78, 5) is 12.6. The van der Waals surface area contributed by atoms with Gasteiger partial charge in [-0.2, -0.15) is 0 Å². The van der Waals surface area contributed by atoms with Crippen molar-refractivity contribution >= 4 is 5.91 Å². The van der Waals surface area contributed by atoms with Crippen molar-refractivity contribution in [1.29, 1.82) is 0 Å². The lowest BCUT2D eigenvalue weighted by atomic mass is 9.49. The standard InChI is InChI=1S/C21H27NO3/c23-20(12-21-9-15-5-16(10-21)7-17(6-15)11-21)22-13-14-1-2-18-19(8-14)25-4-3-24-18/h1-2,8,15-17H,3-7,9-13H2,(H,22,23). The number of hydrogen-bond donors (Lipinski definition) is 1. The predicted molar refractivity (Wildman–Crippen MR) is 94.5 cm³/mol. The van der Waals surface area contributed by atoms with Crippen LogP contribution in [0.2, 0.25) is 0 Å². The summed E-state index contributed by atoms with van der Waals surface area (Å²) in [7, 11) is 0. The number of ether oxygens (including phenoxy) is 2. The molecule has 1 aromatic rings. The van der Waals surface area contributed by atoms with Crippen LogP contribution in [-0.2, 0) is 11.3 Å². The minimum atomic E-state index is 0.219. The van der Waals surface area contributed by atoms with Crippen molar-refractivity contribution < 1.29 is 14.3 Å². The Bertz CT molecular complexity index is 648. The molecule has 4 heteroatoms. The largest absolute Gasteiger partial charge is 0.486 e. The van der Waals surface area contributed by atoms with Gasteiger partial charge in [0.2, 0.25) is 5.91 Å². The van der Waals surface area contributed by atoms with Gasteiger partial charge in [-0.15, -0.1) is 0 Å². The van der Waals surface area contributed by atoms with Crippen LogP contribution in [-0.4, -0.2) is 19.1 Å². The molecule has 0 atom stereocenters. The number of hydrogen-bond acceptors (Lipinski definition) is 3. The highest BCUT2D eigenvalue weighted by Gasteiger charge is 2.51. The van der Waals surface area contributed by atoms with Gasteiger partial charge >= 0.3 is 0 Å². The van der Waals surface area contributed by atoms with Gasteiger partial charge in [-0.05, 0) is 79.4 Å². The first-order chi connectivity index (χ1) is 12.2. The molecule has 4 aliphatic carbocycles. The fraction of sp³-hybridized carbons (Fsp3) is 0.667. The highest BCUT2D eigenvalue weighted by Crippen LogP contribution is 2.61. The normalized spacial score (nSPS) is 34.8. The lowest BCUT2D eigenvalue weighted by Gasteiger charge is -2.56. The average Bonchev–Trinajstić information content (AvgIpc) is 2.58. The molecule has 1 amide bonds. The molecule has 1 N–H and O–H groups in total. The van der Waals surface area contributed by atoms with Crippen LogP contribution in [0.5, 0.6) is 11.5 Å². The van der Waals surface area contributed by atoms with Crippen LogP contribution in [0, 0.1) is 23.2 Å². The molecule has 0 spiro atoms. The number of carbonyl (C=O) groups excluding carboxylic acids is 1. The zero-order valence-corrected chi connectivity index (χ0v) is 14.8. The Kier molecular flexibility index (Phi) is 3.68. The third-order valence-electron chi connectivity index (χ3n) is 6.80. The number of fused-ring (bicyclic) bond motifs is 1. The Morgan fingerprint density at radius 1 is 1.00 bits per heavy atom. The van der Waals surface area contributed by atoms with E-state index in [1.807, 2.05) is 18.2 Å². The van der Waals surface area contributed by atoms with Crippen molar-refractivity contribution in [3.8, 4) is 11.5 Å². The number of rotatable bonds is 4. The molecule has 0 unspecified atom stereocenters. The van der Waals surface area contributed by atoms with Crippen LogP contribution in [0.15, 0.2) is 18.2 Å². The molecule has 5 aliphatic rings. The first-order valence-corrected chi connectivity index (χ1v) is 9.83. The molecule has 1 aliphatic heterocycles. The maximum atomic E-state index is 12.6.